The number of piperidine rings is 1. The maximum atomic E-state index is 13.5. The highest BCUT2D eigenvalue weighted by Gasteiger charge is 2.23. The number of anilines is 1. The third kappa shape index (κ3) is 12.5. The summed E-state index contributed by atoms with van der Waals surface area (Å²) >= 11 is 0. The lowest BCUT2D eigenvalue weighted by molar-refractivity contribution is -0.191. The SMILES string of the molecule is C=C(C)C(O)c1cccc(-c2ccc3c(OCc4nnc5ccc(-c6ccccc6)nn45)ccnc3c2)c1.Fc1cc(N2CCC(Oc3ccc4c(OCc5nnc6ccc(-c7ccccc7)nn56)ccnc4c3)CC2)nc(F)n1.O=C=O. The first kappa shape index (κ1) is 54.2. The normalized spacial score (nSPS) is 12.7. The first-order valence-corrected chi connectivity index (χ1v) is 26.2. The highest BCUT2D eigenvalue weighted by molar-refractivity contribution is 5.89. The van der Waals surface area contributed by atoms with Crippen molar-refractivity contribution in [2.45, 2.75) is 45.2 Å². The van der Waals surface area contributed by atoms with E-state index in [0.29, 0.717) is 71.7 Å². The van der Waals surface area contributed by atoms with E-state index in [0.717, 1.165) is 67.1 Å². The Balaban J connectivity index is 0.000000167. The lowest BCUT2D eigenvalue weighted by Crippen LogP contribution is -2.38. The minimum Gasteiger partial charge on any atom is -0.490 e. The molecule has 83 heavy (non-hydrogen) atoms. The molecule has 0 aliphatic carbocycles. The van der Waals surface area contributed by atoms with E-state index in [9.17, 15) is 13.9 Å². The lowest BCUT2D eigenvalue weighted by atomic mass is 9.97. The van der Waals surface area contributed by atoms with E-state index in [2.05, 4.69) is 46.9 Å². The number of hydrogen-bond acceptors (Lipinski definition) is 17. The standard InChI is InChI=1S/C31H25N5O2.C30H24F2N8O2.CO2/c1-20(2)31(37)24-10-6-9-22(17-24)23-11-12-25-27(18-23)32-16-15-28(25)38-19-30-34-33-29-14-13-26(35-36(29)30)21-7-4-3-5-8-21;31-26-17-28(35-30(32)34-26)39-14-11-20(12-15-39)42-21-6-7-22-24(16-21)33-13-10-25(22)41-18-29-37-36-27-9-8-23(38-40(27)29)19-4-2-1-3-5-19;2-1-3/h3-18,31,37H,1,19H2,2H3;1-10,13,16-17,20H,11-12,14-15,18H2;. The van der Waals surface area contributed by atoms with Gasteiger partial charge in [-0.2, -0.15) is 47.6 Å². The number of rotatable bonds is 14. The molecule has 12 aromatic rings. The van der Waals surface area contributed by atoms with E-state index in [1.54, 1.807) is 21.4 Å². The van der Waals surface area contributed by atoms with Crippen LogP contribution in [0.25, 0.3) is 66.7 Å². The molecule has 1 N–H and O–H groups in total. The zero-order valence-corrected chi connectivity index (χ0v) is 44.4. The number of aliphatic hydroxyl groups excluding tert-OH is 1. The van der Waals surface area contributed by atoms with Crippen molar-refractivity contribution in [2.24, 2.45) is 0 Å². The molecule has 0 bridgehead atoms. The van der Waals surface area contributed by atoms with Crippen molar-refractivity contribution >= 4 is 45.1 Å². The van der Waals surface area contributed by atoms with Crippen molar-refractivity contribution < 1.29 is 37.7 Å². The summed E-state index contributed by atoms with van der Waals surface area (Å²) in [6, 6.07) is 51.9. The summed E-state index contributed by atoms with van der Waals surface area (Å²) in [5, 5.41) is 38.6. The van der Waals surface area contributed by atoms with Crippen LogP contribution < -0.4 is 19.1 Å². The minimum absolute atomic E-state index is 0.0517. The fourth-order valence-corrected chi connectivity index (χ4v) is 9.49. The second-order valence-corrected chi connectivity index (χ2v) is 19.1. The van der Waals surface area contributed by atoms with Crippen LogP contribution in [0.5, 0.6) is 17.2 Å². The largest absolute Gasteiger partial charge is 0.490 e. The molecule has 1 atom stereocenters. The average Bonchev–Trinajstić information content (AvgIpc) is 4.30. The lowest BCUT2D eigenvalue weighted by Gasteiger charge is -2.32. The van der Waals surface area contributed by atoms with Crippen LogP contribution in [-0.4, -0.2) is 90.0 Å². The Morgan fingerprint density at radius 2 is 1.17 bits per heavy atom. The summed E-state index contributed by atoms with van der Waals surface area (Å²) in [5.74, 6) is 2.58. The Kier molecular flexibility index (Phi) is 16.1. The summed E-state index contributed by atoms with van der Waals surface area (Å²) < 4.78 is 48.9. The first-order valence-electron chi connectivity index (χ1n) is 26.2. The van der Waals surface area contributed by atoms with Gasteiger partial charge in [-0.05, 0) is 95.9 Å². The number of benzene rings is 5. The molecule has 21 heteroatoms. The Morgan fingerprint density at radius 1 is 0.627 bits per heavy atom. The van der Waals surface area contributed by atoms with Crippen molar-refractivity contribution in [3.8, 4) is 50.9 Å². The van der Waals surface area contributed by atoms with Crippen LogP contribution in [0.3, 0.4) is 0 Å². The zero-order chi connectivity index (χ0) is 57.2. The summed E-state index contributed by atoms with van der Waals surface area (Å²) in [6.45, 7) is 7.18. The highest BCUT2D eigenvalue weighted by Crippen LogP contribution is 2.33. The molecular formula is C62H49F2N13O6. The van der Waals surface area contributed by atoms with E-state index in [1.165, 1.54) is 0 Å². The van der Waals surface area contributed by atoms with Crippen molar-refractivity contribution in [1.82, 2.24) is 59.6 Å². The van der Waals surface area contributed by atoms with E-state index in [1.807, 2.05) is 170 Å². The predicted molar refractivity (Wildman–Crippen MR) is 303 cm³/mol. The smallest absolute Gasteiger partial charge is 0.373 e. The van der Waals surface area contributed by atoms with Gasteiger partial charge in [-0.3, -0.25) is 9.97 Å². The molecule has 412 valence electrons. The van der Waals surface area contributed by atoms with Gasteiger partial charge in [-0.25, -0.2) is 0 Å². The van der Waals surface area contributed by atoms with Gasteiger partial charge in [0, 0.05) is 72.4 Å². The second kappa shape index (κ2) is 24.7. The van der Waals surface area contributed by atoms with Gasteiger partial charge >= 0.3 is 12.2 Å². The molecule has 0 spiro atoms. The molecule has 1 fully saturated rings. The summed E-state index contributed by atoms with van der Waals surface area (Å²) in [5.41, 5.74) is 10.0. The monoisotopic (exact) mass is 1110 g/mol. The van der Waals surface area contributed by atoms with E-state index >= 15 is 0 Å². The predicted octanol–water partition coefficient (Wildman–Crippen LogP) is 10.6. The minimum atomic E-state index is -1.07. The van der Waals surface area contributed by atoms with Gasteiger partial charge in [-0.15, -0.1) is 20.4 Å². The quantitative estimate of drug-likeness (QED) is 0.0607. The van der Waals surface area contributed by atoms with Crippen LogP contribution in [0.4, 0.5) is 14.6 Å². The number of carbonyl (C=O) groups excluding carboxylic acids is 2. The number of aliphatic hydroxyl groups is 1. The van der Waals surface area contributed by atoms with Crippen molar-refractivity contribution in [3.05, 3.63) is 218 Å². The van der Waals surface area contributed by atoms with Gasteiger partial charge in [0.15, 0.2) is 22.9 Å². The Labute approximate surface area is 472 Å². The summed E-state index contributed by atoms with van der Waals surface area (Å²) in [7, 11) is 0. The van der Waals surface area contributed by atoms with Gasteiger partial charge in [0.25, 0.3) is 0 Å². The van der Waals surface area contributed by atoms with Crippen molar-refractivity contribution in [1.29, 1.82) is 0 Å². The van der Waals surface area contributed by atoms with Gasteiger partial charge < -0.3 is 24.2 Å². The molecule has 0 radical (unpaired) electrons. The maximum Gasteiger partial charge on any atom is 0.373 e. The van der Waals surface area contributed by atoms with Crippen LogP contribution in [-0.2, 0) is 22.8 Å². The third-order valence-corrected chi connectivity index (χ3v) is 13.6. The van der Waals surface area contributed by atoms with Crippen LogP contribution in [0, 0.1) is 12.0 Å². The topological polar surface area (TPSA) is 223 Å². The molecule has 1 aliphatic heterocycles. The van der Waals surface area contributed by atoms with Gasteiger partial charge in [0.2, 0.25) is 5.95 Å². The fraction of sp³-hybridized carbons (Fsp3) is 0.145. The van der Waals surface area contributed by atoms with E-state index in [-0.39, 0.29) is 31.3 Å². The highest BCUT2D eigenvalue weighted by atomic mass is 19.1. The average molecular weight is 1110 g/mol. The number of halogens is 2. The summed E-state index contributed by atoms with van der Waals surface area (Å²) in [6.07, 6.45) is 3.20. The molecule has 8 heterocycles. The van der Waals surface area contributed by atoms with Crippen molar-refractivity contribution in [3.63, 3.8) is 0 Å². The molecule has 19 nitrogen and oxygen atoms in total. The molecule has 0 amide bonds. The Bertz CT molecular complexity index is 4290. The Hall–Kier alpha value is -10.8. The Morgan fingerprint density at radius 3 is 1.73 bits per heavy atom. The van der Waals surface area contributed by atoms with Crippen LogP contribution in [0.1, 0.15) is 43.1 Å². The van der Waals surface area contributed by atoms with Crippen LogP contribution in [0.15, 0.2) is 188 Å². The maximum absolute atomic E-state index is 13.5. The molecule has 7 aromatic heterocycles. The van der Waals surface area contributed by atoms with Gasteiger partial charge in [0.05, 0.1) is 28.5 Å². The zero-order valence-electron chi connectivity index (χ0n) is 44.4. The third-order valence-electron chi connectivity index (χ3n) is 13.6. The van der Waals surface area contributed by atoms with E-state index in [4.69, 9.17) is 34.0 Å². The number of nitrogens with zero attached hydrogens (tertiary/aromatic N) is 13. The number of fused-ring (bicyclic) bond motifs is 4. The van der Waals surface area contributed by atoms with Crippen LogP contribution >= 0.6 is 0 Å². The molecule has 1 aliphatic rings. The molecule has 1 unspecified atom stereocenters. The van der Waals surface area contributed by atoms with E-state index < -0.39 is 18.1 Å². The first-order chi connectivity index (χ1) is 40.6. The summed E-state index contributed by atoms with van der Waals surface area (Å²) in [4.78, 5) is 33.9. The van der Waals surface area contributed by atoms with Crippen molar-refractivity contribution in [2.75, 3.05) is 18.0 Å². The number of aromatic nitrogens is 12. The molecule has 13 rings (SSSR count). The molecule has 0 saturated carbocycles. The second-order valence-electron chi connectivity index (χ2n) is 19.1. The number of ether oxygens (including phenoxy) is 3. The number of hydrogen-bond donors (Lipinski definition) is 1. The molecule has 5 aromatic carbocycles. The van der Waals surface area contributed by atoms with Gasteiger partial charge in [-0.1, -0.05) is 91.5 Å². The molecule has 1 saturated heterocycles. The fourth-order valence-electron chi connectivity index (χ4n) is 9.49. The van der Waals surface area contributed by atoms with Crippen LogP contribution in [0.2, 0.25) is 0 Å². The number of pyridine rings is 2. The van der Waals surface area contributed by atoms with Gasteiger partial charge in [0.1, 0.15) is 42.4 Å². The molecular weight excluding hydrogens is 1060 g/mol.